The van der Waals surface area contributed by atoms with Crippen LogP contribution >= 0.6 is 11.3 Å². The third kappa shape index (κ3) is 3.07. The molecule has 1 aromatic heterocycles. The summed E-state index contributed by atoms with van der Waals surface area (Å²) in [5.41, 5.74) is 6.62. The number of nitrogens with zero attached hydrogens (tertiary/aromatic N) is 1. The van der Waals surface area contributed by atoms with Gasteiger partial charge in [-0.2, -0.15) is 0 Å². The van der Waals surface area contributed by atoms with Crippen LogP contribution in [0.1, 0.15) is 36.1 Å². The molecule has 20 heavy (non-hydrogen) atoms. The van der Waals surface area contributed by atoms with Gasteiger partial charge in [0.15, 0.2) is 0 Å². The maximum absolute atomic E-state index is 5.94. The fraction of sp³-hybridized carbons (Fsp3) is 0.625. The minimum atomic E-state index is 0.428. The summed E-state index contributed by atoms with van der Waals surface area (Å²) in [6.45, 7) is 3.35. The van der Waals surface area contributed by atoms with Gasteiger partial charge in [-0.1, -0.05) is 24.7 Å². The van der Waals surface area contributed by atoms with E-state index in [1.54, 1.807) is 0 Å². The number of ether oxygens (including phenoxy) is 1. The summed E-state index contributed by atoms with van der Waals surface area (Å²) in [7, 11) is 0. The summed E-state index contributed by atoms with van der Waals surface area (Å²) in [6, 6.07) is 2.72. The van der Waals surface area contributed by atoms with E-state index in [2.05, 4.69) is 28.2 Å². The Morgan fingerprint density at radius 3 is 3.20 bits per heavy atom. The first kappa shape index (κ1) is 14.1. The Morgan fingerprint density at radius 1 is 1.40 bits per heavy atom. The fourth-order valence-electron chi connectivity index (χ4n) is 3.28. The minimum Gasteiger partial charge on any atom is -0.375 e. The van der Waals surface area contributed by atoms with Gasteiger partial charge in [-0.15, -0.1) is 11.3 Å². The zero-order chi connectivity index (χ0) is 13.8. The van der Waals surface area contributed by atoms with E-state index < -0.39 is 0 Å². The maximum Gasteiger partial charge on any atom is 0.0731 e. The average Bonchev–Trinajstić information content (AvgIpc) is 2.93. The normalized spacial score (nSPS) is 26.6. The van der Waals surface area contributed by atoms with Crippen LogP contribution in [0.2, 0.25) is 0 Å². The zero-order valence-corrected chi connectivity index (χ0v) is 12.6. The molecule has 2 atom stereocenters. The van der Waals surface area contributed by atoms with Crippen molar-refractivity contribution < 1.29 is 4.74 Å². The lowest BCUT2D eigenvalue weighted by atomic mass is 9.90. The van der Waals surface area contributed by atoms with Crippen molar-refractivity contribution in [2.45, 2.75) is 44.4 Å². The molecule has 2 unspecified atom stereocenters. The molecule has 0 bridgehead atoms. The monoisotopic (exact) mass is 290 g/mol. The van der Waals surface area contributed by atoms with Crippen LogP contribution < -0.4 is 5.73 Å². The molecule has 1 saturated carbocycles. The molecule has 2 aliphatic rings. The summed E-state index contributed by atoms with van der Waals surface area (Å²) in [4.78, 5) is 3.98. The fourth-order valence-corrected chi connectivity index (χ4v) is 4.13. The van der Waals surface area contributed by atoms with Crippen LogP contribution in [-0.2, 0) is 11.3 Å². The molecular weight excluding hydrogens is 268 g/mol. The number of morpholine rings is 1. The molecule has 1 aliphatic heterocycles. The molecule has 1 aliphatic carbocycles. The van der Waals surface area contributed by atoms with Crippen LogP contribution in [0, 0.1) is 11.8 Å². The predicted octanol–water partition coefficient (Wildman–Crippen LogP) is 2.20. The van der Waals surface area contributed by atoms with E-state index in [1.165, 1.54) is 30.6 Å². The van der Waals surface area contributed by atoms with E-state index >= 15 is 0 Å². The molecule has 1 saturated heterocycles. The first-order valence-corrected chi connectivity index (χ1v) is 8.37. The molecular formula is C16H22N2OS. The van der Waals surface area contributed by atoms with Crippen LogP contribution in [0.25, 0.3) is 0 Å². The average molecular weight is 290 g/mol. The second-order valence-corrected chi connectivity index (χ2v) is 6.50. The molecule has 1 aromatic rings. The molecule has 0 amide bonds. The topological polar surface area (TPSA) is 38.5 Å². The van der Waals surface area contributed by atoms with Gasteiger partial charge >= 0.3 is 0 Å². The van der Waals surface area contributed by atoms with Crippen molar-refractivity contribution in [1.29, 1.82) is 0 Å². The van der Waals surface area contributed by atoms with Crippen LogP contribution in [-0.4, -0.2) is 36.7 Å². The Labute approximate surface area is 125 Å². The highest BCUT2D eigenvalue weighted by Gasteiger charge is 2.34. The second-order valence-electron chi connectivity index (χ2n) is 5.49. The van der Waals surface area contributed by atoms with E-state index in [4.69, 9.17) is 10.5 Å². The number of thiophene rings is 1. The van der Waals surface area contributed by atoms with Crippen molar-refractivity contribution in [2.75, 3.05) is 19.7 Å². The second kappa shape index (κ2) is 6.73. The van der Waals surface area contributed by atoms with E-state index in [-0.39, 0.29) is 0 Å². The molecule has 0 aromatic carbocycles. The van der Waals surface area contributed by atoms with Crippen molar-refractivity contribution in [1.82, 2.24) is 4.90 Å². The van der Waals surface area contributed by atoms with E-state index in [9.17, 15) is 0 Å². The van der Waals surface area contributed by atoms with Crippen LogP contribution in [0.5, 0.6) is 0 Å². The maximum atomic E-state index is 5.94. The Kier molecular flexibility index (Phi) is 4.74. The lowest BCUT2D eigenvalue weighted by Crippen LogP contribution is -2.52. The largest absolute Gasteiger partial charge is 0.375 e. The van der Waals surface area contributed by atoms with Crippen LogP contribution in [0.4, 0.5) is 0 Å². The van der Waals surface area contributed by atoms with Gasteiger partial charge in [0.25, 0.3) is 0 Å². The lowest BCUT2D eigenvalue weighted by Gasteiger charge is -2.43. The van der Waals surface area contributed by atoms with E-state index in [0.717, 1.165) is 25.3 Å². The van der Waals surface area contributed by atoms with E-state index in [1.807, 2.05) is 11.3 Å². The first-order chi connectivity index (χ1) is 9.88. The Hall–Kier alpha value is -0.860. The quantitative estimate of drug-likeness (QED) is 0.849. The number of fused-ring (bicyclic) bond motifs is 1. The van der Waals surface area contributed by atoms with Gasteiger partial charge in [0.2, 0.25) is 0 Å². The van der Waals surface area contributed by atoms with Gasteiger partial charge in [-0.25, -0.2) is 0 Å². The molecule has 0 radical (unpaired) electrons. The number of nitrogens with two attached hydrogens (primary N) is 1. The molecule has 2 heterocycles. The van der Waals surface area contributed by atoms with Crippen molar-refractivity contribution >= 4 is 11.3 Å². The van der Waals surface area contributed by atoms with Crippen molar-refractivity contribution in [2.24, 2.45) is 5.73 Å². The number of rotatable bonds is 2. The Morgan fingerprint density at radius 2 is 2.30 bits per heavy atom. The van der Waals surface area contributed by atoms with Crippen molar-refractivity contribution in [3.63, 3.8) is 0 Å². The first-order valence-electron chi connectivity index (χ1n) is 7.49. The minimum absolute atomic E-state index is 0.428. The molecule has 3 rings (SSSR count). The van der Waals surface area contributed by atoms with Gasteiger partial charge in [0.05, 0.1) is 19.3 Å². The molecule has 0 spiro atoms. The predicted molar refractivity (Wildman–Crippen MR) is 82.7 cm³/mol. The Bertz CT molecular complexity index is 500. The summed E-state index contributed by atoms with van der Waals surface area (Å²) in [6.07, 6.45) is 5.62. The van der Waals surface area contributed by atoms with Crippen LogP contribution in [0.15, 0.2) is 11.4 Å². The molecule has 3 nitrogen and oxygen atoms in total. The molecule has 108 valence electrons. The molecule has 2 N–H and O–H groups in total. The molecule has 2 fully saturated rings. The van der Waals surface area contributed by atoms with Crippen molar-refractivity contribution in [3.8, 4) is 11.8 Å². The smallest absolute Gasteiger partial charge is 0.0731 e. The standard InChI is InChI=1S/C16H22N2OS/c17-8-3-4-13-7-11-20-16(13)12-18-9-10-19-15-6-2-1-5-14(15)18/h7,11,14-15H,1-2,5-6,8-10,12,17H2. The molecule has 4 heteroatoms. The van der Waals surface area contributed by atoms with Gasteiger partial charge in [-0.05, 0) is 24.3 Å². The van der Waals surface area contributed by atoms with E-state index in [0.29, 0.717) is 18.7 Å². The number of hydrogen-bond acceptors (Lipinski definition) is 4. The van der Waals surface area contributed by atoms with Crippen LogP contribution in [0.3, 0.4) is 0 Å². The number of hydrogen-bond donors (Lipinski definition) is 1. The zero-order valence-electron chi connectivity index (χ0n) is 11.8. The van der Waals surface area contributed by atoms with Gasteiger partial charge in [0.1, 0.15) is 0 Å². The summed E-state index contributed by atoms with van der Waals surface area (Å²) >= 11 is 1.81. The Balaban J connectivity index is 1.71. The van der Waals surface area contributed by atoms with Gasteiger partial charge < -0.3 is 10.5 Å². The highest BCUT2D eigenvalue weighted by atomic mass is 32.1. The third-order valence-corrected chi connectivity index (χ3v) is 5.17. The summed E-state index contributed by atoms with van der Waals surface area (Å²) in [5, 5.41) is 2.13. The lowest BCUT2D eigenvalue weighted by molar-refractivity contribution is -0.0908. The highest BCUT2D eigenvalue weighted by molar-refractivity contribution is 7.10. The highest BCUT2D eigenvalue weighted by Crippen LogP contribution is 2.30. The van der Waals surface area contributed by atoms with Crippen molar-refractivity contribution in [3.05, 3.63) is 21.9 Å². The summed E-state index contributed by atoms with van der Waals surface area (Å²) < 4.78 is 5.94. The third-order valence-electron chi connectivity index (χ3n) is 4.26. The van der Waals surface area contributed by atoms with Gasteiger partial charge in [0, 0.05) is 29.6 Å². The van der Waals surface area contributed by atoms with Gasteiger partial charge in [-0.3, -0.25) is 4.90 Å². The summed E-state index contributed by atoms with van der Waals surface area (Å²) in [5.74, 6) is 6.16. The SMILES string of the molecule is NCC#Cc1ccsc1CN1CCOC2CCCCC21.